The minimum absolute atomic E-state index is 0.0192. The van der Waals surface area contributed by atoms with Crippen molar-refractivity contribution in [3.63, 3.8) is 0 Å². The van der Waals surface area contributed by atoms with E-state index in [-0.39, 0.29) is 10.5 Å². The predicted octanol–water partition coefficient (Wildman–Crippen LogP) is 4.30. The van der Waals surface area contributed by atoms with Gasteiger partial charge in [0.25, 0.3) is 5.91 Å². The molecule has 3 aromatic carbocycles. The van der Waals surface area contributed by atoms with Crippen LogP contribution in [0.1, 0.15) is 10.4 Å². The van der Waals surface area contributed by atoms with Gasteiger partial charge in [-0.25, -0.2) is 13.1 Å². The molecule has 0 saturated carbocycles. The van der Waals surface area contributed by atoms with E-state index in [1.165, 1.54) is 38.4 Å². The van der Waals surface area contributed by atoms with Crippen molar-refractivity contribution in [1.29, 1.82) is 0 Å². The number of halogens is 1. The van der Waals surface area contributed by atoms with Crippen LogP contribution in [0.5, 0.6) is 17.2 Å². The number of methoxy groups -OCH3 is 1. The van der Waals surface area contributed by atoms with Crippen molar-refractivity contribution in [3.05, 3.63) is 77.3 Å². The number of anilines is 1. The van der Waals surface area contributed by atoms with Crippen molar-refractivity contribution < 1.29 is 22.7 Å². The van der Waals surface area contributed by atoms with Crippen molar-refractivity contribution in [3.8, 4) is 17.2 Å². The number of rotatable bonds is 7. The Morgan fingerprint density at radius 3 is 2.37 bits per heavy atom. The Labute approximate surface area is 179 Å². The molecular formula is C21H19ClN2O5S. The molecule has 0 spiro atoms. The lowest BCUT2D eigenvalue weighted by Gasteiger charge is -2.15. The molecule has 0 fully saturated rings. The highest BCUT2D eigenvalue weighted by molar-refractivity contribution is 7.89. The van der Waals surface area contributed by atoms with Crippen molar-refractivity contribution >= 4 is 33.2 Å². The summed E-state index contributed by atoms with van der Waals surface area (Å²) >= 11 is 6.09. The molecule has 3 rings (SSSR count). The van der Waals surface area contributed by atoms with Gasteiger partial charge in [0.05, 0.1) is 17.7 Å². The zero-order valence-electron chi connectivity index (χ0n) is 16.2. The van der Waals surface area contributed by atoms with Gasteiger partial charge in [0.15, 0.2) is 17.2 Å². The fraction of sp³-hybridized carbons (Fsp3) is 0.0952. The zero-order chi connectivity index (χ0) is 21.7. The number of hydrogen-bond acceptors (Lipinski definition) is 5. The molecule has 0 aliphatic rings. The zero-order valence-corrected chi connectivity index (χ0v) is 17.8. The average molecular weight is 447 g/mol. The van der Waals surface area contributed by atoms with Gasteiger partial charge in [0.2, 0.25) is 10.0 Å². The highest BCUT2D eigenvalue weighted by Crippen LogP contribution is 2.36. The van der Waals surface area contributed by atoms with Crippen LogP contribution in [0.2, 0.25) is 5.02 Å². The molecule has 0 aliphatic heterocycles. The first-order valence-electron chi connectivity index (χ1n) is 8.79. The number of carbonyl (C=O) groups is 1. The van der Waals surface area contributed by atoms with Crippen LogP contribution in [0.25, 0.3) is 0 Å². The second-order valence-corrected chi connectivity index (χ2v) is 8.41. The van der Waals surface area contributed by atoms with E-state index in [9.17, 15) is 13.2 Å². The summed E-state index contributed by atoms with van der Waals surface area (Å²) in [6.07, 6.45) is 0. The first-order valence-corrected chi connectivity index (χ1v) is 10.7. The molecule has 0 saturated heterocycles. The maximum absolute atomic E-state index is 12.8. The number of para-hydroxylation sites is 2. The first kappa shape index (κ1) is 21.6. The molecule has 3 aromatic rings. The molecule has 0 unspecified atom stereocenters. The molecule has 0 heterocycles. The van der Waals surface area contributed by atoms with Crippen molar-refractivity contribution in [2.75, 3.05) is 19.5 Å². The average Bonchev–Trinajstić information content (AvgIpc) is 2.76. The third kappa shape index (κ3) is 4.91. The van der Waals surface area contributed by atoms with Crippen molar-refractivity contribution in [2.24, 2.45) is 0 Å². The molecule has 0 radical (unpaired) electrons. The molecule has 9 heteroatoms. The normalized spacial score (nSPS) is 11.0. The summed E-state index contributed by atoms with van der Waals surface area (Å²) in [6.45, 7) is 0. The second kappa shape index (κ2) is 9.17. The predicted molar refractivity (Wildman–Crippen MR) is 115 cm³/mol. The van der Waals surface area contributed by atoms with Gasteiger partial charge < -0.3 is 14.8 Å². The Morgan fingerprint density at radius 2 is 1.67 bits per heavy atom. The van der Waals surface area contributed by atoms with Crippen LogP contribution < -0.4 is 19.5 Å². The Balaban J connectivity index is 1.91. The molecule has 2 N–H and O–H groups in total. The Hall–Kier alpha value is -3.07. The van der Waals surface area contributed by atoms with Crippen LogP contribution in [-0.4, -0.2) is 28.5 Å². The molecule has 0 bridgehead atoms. The Morgan fingerprint density at radius 1 is 0.933 bits per heavy atom. The van der Waals surface area contributed by atoms with E-state index in [0.29, 0.717) is 28.0 Å². The number of hydrogen-bond donors (Lipinski definition) is 2. The summed E-state index contributed by atoms with van der Waals surface area (Å²) in [4.78, 5) is 12.8. The molecular weight excluding hydrogens is 428 g/mol. The van der Waals surface area contributed by atoms with Crippen molar-refractivity contribution in [2.45, 2.75) is 4.90 Å². The monoisotopic (exact) mass is 446 g/mol. The van der Waals surface area contributed by atoms with Gasteiger partial charge in [-0.2, -0.15) is 0 Å². The molecule has 1 amide bonds. The SMILES string of the molecule is CNS(=O)(=O)c1cccc(C(=O)Nc2cc(Cl)ccc2Oc2ccccc2OC)c1. The molecule has 30 heavy (non-hydrogen) atoms. The standard InChI is InChI=1S/C21H19ClN2O5S/c1-23-30(26,27)16-7-5-6-14(12-16)21(25)24-17-13-15(22)10-11-18(17)29-20-9-4-3-8-19(20)28-2/h3-13,23H,1-2H3,(H,24,25). The maximum Gasteiger partial charge on any atom is 0.255 e. The number of amides is 1. The number of nitrogens with one attached hydrogen (secondary N) is 2. The van der Waals surface area contributed by atoms with Gasteiger partial charge in [-0.15, -0.1) is 0 Å². The van der Waals surface area contributed by atoms with Gasteiger partial charge >= 0.3 is 0 Å². The minimum atomic E-state index is -3.68. The number of ether oxygens (including phenoxy) is 2. The van der Waals surface area contributed by atoms with Crippen LogP contribution in [0.15, 0.2) is 71.6 Å². The summed E-state index contributed by atoms with van der Waals surface area (Å²) < 4.78 is 37.4. The van der Waals surface area contributed by atoms with Gasteiger partial charge in [0.1, 0.15) is 0 Å². The highest BCUT2D eigenvalue weighted by atomic mass is 35.5. The Bertz CT molecular complexity index is 1180. The number of carbonyl (C=O) groups excluding carboxylic acids is 1. The van der Waals surface area contributed by atoms with E-state index in [4.69, 9.17) is 21.1 Å². The molecule has 0 aromatic heterocycles. The Kier molecular flexibility index (Phi) is 6.61. The fourth-order valence-electron chi connectivity index (χ4n) is 2.63. The molecule has 156 valence electrons. The lowest BCUT2D eigenvalue weighted by atomic mass is 10.2. The van der Waals surface area contributed by atoms with Crippen molar-refractivity contribution in [1.82, 2.24) is 4.72 Å². The smallest absolute Gasteiger partial charge is 0.255 e. The minimum Gasteiger partial charge on any atom is -0.493 e. The van der Waals surface area contributed by atoms with E-state index in [0.717, 1.165) is 0 Å². The quantitative estimate of drug-likeness (QED) is 0.564. The summed E-state index contributed by atoms with van der Waals surface area (Å²) in [5.74, 6) is 0.807. The van der Waals surface area contributed by atoms with Gasteiger partial charge in [-0.3, -0.25) is 4.79 Å². The molecule has 7 nitrogen and oxygen atoms in total. The fourth-order valence-corrected chi connectivity index (χ4v) is 3.57. The number of benzene rings is 3. The molecule has 0 aliphatic carbocycles. The summed E-state index contributed by atoms with van der Waals surface area (Å²) in [6, 6.07) is 17.5. The summed E-state index contributed by atoms with van der Waals surface area (Å²) in [5.41, 5.74) is 0.481. The third-order valence-corrected chi connectivity index (χ3v) is 5.80. The lowest BCUT2D eigenvalue weighted by molar-refractivity contribution is 0.102. The van der Waals surface area contributed by atoms with E-state index >= 15 is 0 Å². The lowest BCUT2D eigenvalue weighted by Crippen LogP contribution is -2.19. The highest BCUT2D eigenvalue weighted by Gasteiger charge is 2.16. The summed E-state index contributed by atoms with van der Waals surface area (Å²) in [5, 5.41) is 3.11. The van der Waals surface area contributed by atoms with Gasteiger partial charge in [0, 0.05) is 10.6 Å². The second-order valence-electron chi connectivity index (χ2n) is 6.08. The van der Waals surface area contributed by atoms with E-state index in [2.05, 4.69) is 10.0 Å². The number of sulfonamides is 1. The van der Waals surface area contributed by atoms with Gasteiger partial charge in [-0.05, 0) is 55.6 Å². The van der Waals surface area contributed by atoms with E-state index in [1.807, 2.05) is 6.07 Å². The van der Waals surface area contributed by atoms with Crippen LogP contribution in [-0.2, 0) is 10.0 Å². The van der Waals surface area contributed by atoms with Crippen LogP contribution >= 0.6 is 11.6 Å². The van der Waals surface area contributed by atoms with E-state index < -0.39 is 15.9 Å². The first-order chi connectivity index (χ1) is 14.3. The van der Waals surface area contributed by atoms with Crippen LogP contribution in [0, 0.1) is 0 Å². The van der Waals surface area contributed by atoms with Gasteiger partial charge in [-0.1, -0.05) is 29.8 Å². The topological polar surface area (TPSA) is 93.7 Å². The molecule has 0 atom stereocenters. The summed E-state index contributed by atoms with van der Waals surface area (Å²) in [7, 11) is -0.852. The van der Waals surface area contributed by atoms with Crippen LogP contribution in [0.3, 0.4) is 0 Å². The largest absolute Gasteiger partial charge is 0.493 e. The maximum atomic E-state index is 12.8. The third-order valence-electron chi connectivity index (χ3n) is 4.15. The van der Waals surface area contributed by atoms with E-state index in [1.54, 1.807) is 36.4 Å². The van der Waals surface area contributed by atoms with Crippen LogP contribution in [0.4, 0.5) is 5.69 Å².